The number of rotatable bonds is 7. The van der Waals surface area contributed by atoms with Crippen molar-refractivity contribution in [3.05, 3.63) is 60.0 Å². The Morgan fingerprint density at radius 1 is 1.00 bits per heavy atom. The SMILES string of the molecule is COc1ccc(CCNc2nc(Nc3ncccn3)ncc2C)cc1. The fraction of sp³-hybridized carbons (Fsp3) is 0.222. The molecule has 2 heterocycles. The van der Waals surface area contributed by atoms with Gasteiger partial charge in [-0.3, -0.25) is 5.32 Å². The van der Waals surface area contributed by atoms with Crippen LogP contribution in [0.25, 0.3) is 0 Å². The lowest BCUT2D eigenvalue weighted by Crippen LogP contribution is -2.10. The summed E-state index contributed by atoms with van der Waals surface area (Å²) in [5.41, 5.74) is 2.21. The summed E-state index contributed by atoms with van der Waals surface area (Å²) in [4.78, 5) is 17.0. The molecule has 7 nitrogen and oxygen atoms in total. The summed E-state index contributed by atoms with van der Waals surface area (Å²) in [6.45, 7) is 2.74. The van der Waals surface area contributed by atoms with Crippen LogP contribution >= 0.6 is 0 Å². The zero-order valence-electron chi connectivity index (χ0n) is 14.2. The summed E-state index contributed by atoms with van der Waals surface area (Å²) in [7, 11) is 1.67. The predicted octanol–water partition coefficient (Wildman–Crippen LogP) is 2.98. The van der Waals surface area contributed by atoms with Crippen molar-refractivity contribution in [2.24, 2.45) is 0 Å². The Bertz CT molecular complexity index is 808. The first-order chi connectivity index (χ1) is 12.2. The van der Waals surface area contributed by atoms with Gasteiger partial charge in [-0.15, -0.1) is 0 Å². The van der Waals surface area contributed by atoms with Crippen LogP contribution in [0.2, 0.25) is 0 Å². The lowest BCUT2D eigenvalue weighted by molar-refractivity contribution is 0.414. The number of nitrogens with zero attached hydrogens (tertiary/aromatic N) is 4. The topological polar surface area (TPSA) is 84.9 Å². The second-order valence-corrected chi connectivity index (χ2v) is 5.45. The van der Waals surface area contributed by atoms with Crippen molar-refractivity contribution in [2.45, 2.75) is 13.3 Å². The van der Waals surface area contributed by atoms with E-state index in [2.05, 4.69) is 42.7 Å². The van der Waals surface area contributed by atoms with E-state index in [1.807, 2.05) is 19.1 Å². The molecule has 1 aromatic carbocycles. The van der Waals surface area contributed by atoms with Crippen molar-refractivity contribution in [1.82, 2.24) is 19.9 Å². The van der Waals surface area contributed by atoms with E-state index in [1.54, 1.807) is 31.8 Å². The van der Waals surface area contributed by atoms with Crippen molar-refractivity contribution >= 4 is 17.7 Å². The third-order valence-electron chi connectivity index (χ3n) is 3.63. The first-order valence-electron chi connectivity index (χ1n) is 7.99. The van der Waals surface area contributed by atoms with Gasteiger partial charge in [0.15, 0.2) is 0 Å². The predicted molar refractivity (Wildman–Crippen MR) is 97.3 cm³/mol. The van der Waals surface area contributed by atoms with E-state index in [9.17, 15) is 0 Å². The molecule has 0 bridgehead atoms. The Morgan fingerprint density at radius 3 is 2.48 bits per heavy atom. The number of anilines is 3. The Hall–Kier alpha value is -3.22. The van der Waals surface area contributed by atoms with E-state index < -0.39 is 0 Å². The molecule has 25 heavy (non-hydrogen) atoms. The highest BCUT2D eigenvalue weighted by Gasteiger charge is 2.05. The standard InChI is InChI=1S/C18H20N6O/c1-13-12-22-18(24-17-20-9-3-10-21-17)23-16(13)19-11-8-14-4-6-15(25-2)7-5-14/h3-7,9-10,12H,8,11H2,1-2H3,(H2,19,20,21,22,23,24). The number of benzene rings is 1. The van der Waals surface area contributed by atoms with E-state index in [0.29, 0.717) is 11.9 Å². The van der Waals surface area contributed by atoms with Crippen LogP contribution in [-0.2, 0) is 6.42 Å². The van der Waals surface area contributed by atoms with Gasteiger partial charge in [-0.1, -0.05) is 12.1 Å². The molecule has 0 aliphatic carbocycles. The number of methoxy groups -OCH3 is 1. The zero-order chi connectivity index (χ0) is 17.5. The fourth-order valence-corrected chi connectivity index (χ4v) is 2.26. The fourth-order valence-electron chi connectivity index (χ4n) is 2.26. The number of hydrogen-bond donors (Lipinski definition) is 2. The van der Waals surface area contributed by atoms with Crippen LogP contribution in [0, 0.1) is 6.92 Å². The molecule has 0 amide bonds. The van der Waals surface area contributed by atoms with Crippen molar-refractivity contribution in [3.8, 4) is 5.75 Å². The van der Waals surface area contributed by atoms with Crippen LogP contribution in [0.3, 0.4) is 0 Å². The van der Waals surface area contributed by atoms with Gasteiger partial charge in [-0.25, -0.2) is 15.0 Å². The number of aryl methyl sites for hydroxylation is 1. The molecule has 0 saturated heterocycles. The van der Waals surface area contributed by atoms with Crippen molar-refractivity contribution in [2.75, 3.05) is 24.3 Å². The minimum absolute atomic E-state index is 0.462. The van der Waals surface area contributed by atoms with Crippen LogP contribution in [0.4, 0.5) is 17.7 Å². The number of aromatic nitrogens is 4. The number of nitrogens with one attached hydrogen (secondary N) is 2. The van der Waals surface area contributed by atoms with Crippen LogP contribution in [0.1, 0.15) is 11.1 Å². The maximum atomic E-state index is 5.17. The first kappa shape index (κ1) is 16.6. The molecular formula is C18H20N6O. The molecule has 3 rings (SSSR count). The van der Waals surface area contributed by atoms with Crippen LogP contribution in [-0.4, -0.2) is 33.6 Å². The number of ether oxygens (including phenoxy) is 1. The van der Waals surface area contributed by atoms with Gasteiger partial charge in [0.2, 0.25) is 11.9 Å². The molecule has 0 saturated carbocycles. The maximum absolute atomic E-state index is 5.17. The molecule has 0 fully saturated rings. The van der Waals surface area contributed by atoms with E-state index in [4.69, 9.17) is 4.74 Å². The Labute approximate surface area is 146 Å². The van der Waals surface area contributed by atoms with Crippen LogP contribution < -0.4 is 15.4 Å². The third kappa shape index (κ3) is 4.63. The molecule has 2 N–H and O–H groups in total. The average Bonchev–Trinajstić information content (AvgIpc) is 2.66. The van der Waals surface area contributed by atoms with Crippen molar-refractivity contribution < 1.29 is 4.74 Å². The van der Waals surface area contributed by atoms with Gasteiger partial charge in [-0.2, -0.15) is 4.98 Å². The molecule has 0 aliphatic rings. The normalized spacial score (nSPS) is 10.3. The summed E-state index contributed by atoms with van der Waals surface area (Å²) in [5.74, 6) is 2.59. The smallest absolute Gasteiger partial charge is 0.231 e. The summed E-state index contributed by atoms with van der Waals surface area (Å²) in [6.07, 6.45) is 5.99. The van der Waals surface area contributed by atoms with Gasteiger partial charge >= 0.3 is 0 Å². The molecule has 0 radical (unpaired) electrons. The summed E-state index contributed by atoms with van der Waals surface area (Å²) >= 11 is 0. The van der Waals surface area contributed by atoms with Gasteiger partial charge in [0.1, 0.15) is 11.6 Å². The Balaban J connectivity index is 1.60. The lowest BCUT2D eigenvalue weighted by atomic mass is 10.1. The maximum Gasteiger partial charge on any atom is 0.231 e. The molecule has 2 aromatic heterocycles. The van der Waals surface area contributed by atoms with Gasteiger partial charge in [-0.05, 0) is 37.1 Å². The Kier molecular flexibility index (Phi) is 5.36. The average molecular weight is 336 g/mol. The quantitative estimate of drug-likeness (QED) is 0.686. The highest BCUT2D eigenvalue weighted by molar-refractivity contribution is 5.50. The van der Waals surface area contributed by atoms with E-state index in [0.717, 1.165) is 30.1 Å². The van der Waals surface area contributed by atoms with Gasteiger partial charge < -0.3 is 10.1 Å². The molecule has 0 unspecified atom stereocenters. The molecule has 7 heteroatoms. The molecule has 3 aromatic rings. The molecule has 128 valence electrons. The molecule has 0 spiro atoms. The molecule has 0 aliphatic heterocycles. The van der Waals surface area contributed by atoms with Crippen LogP contribution in [0.15, 0.2) is 48.9 Å². The summed E-state index contributed by atoms with van der Waals surface area (Å²) in [6, 6.07) is 9.81. The second kappa shape index (κ2) is 8.05. The Morgan fingerprint density at radius 2 is 1.76 bits per heavy atom. The monoisotopic (exact) mass is 336 g/mol. The van der Waals surface area contributed by atoms with Crippen molar-refractivity contribution in [1.29, 1.82) is 0 Å². The van der Waals surface area contributed by atoms with E-state index in [1.165, 1.54) is 5.56 Å². The summed E-state index contributed by atoms with van der Waals surface area (Å²) in [5, 5.41) is 6.35. The second-order valence-electron chi connectivity index (χ2n) is 5.45. The van der Waals surface area contributed by atoms with Gasteiger partial charge in [0.25, 0.3) is 0 Å². The zero-order valence-corrected chi connectivity index (χ0v) is 14.2. The minimum atomic E-state index is 0.462. The molecular weight excluding hydrogens is 316 g/mol. The highest BCUT2D eigenvalue weighted by Crippen LogP contribution is 2.15. The summed E-state index contributed by atoms with van der Waals surface area (Å²) < 4.78 is 5.17. The van der Waals surface area contributed by atoms with E-state index in [-0.39, 0.29) is 0 Å². The van der Waals surface area contributed by atoms with Crippen LogP contribution in [0.5, 0.6) is 5.75 Å². The first-order valence-corrected chi connectivity index (χ1v) is 7.99. The highest BCUT2D eigenvalue weighted by atomic mass is 16.5. The molecule has 0 atom stereocenters. The van der Waals surface area contributed by atoms with Gasteiger partial charge in [0, 0.05) is 30.7 Å². The third-order valence-corrected chi connectivity index (χ3v) is 3.63. The van der Waals surface area contributed by atoms with Gasteiger partial charge in [0.05, 0.1) is 7.11 Å². The minimum Gasteiger partial charge on any atom is -0.497 e. The number of hydrogen-bond acceptors (Lipinski definition) is 7. The largest absolute Gasteiger partial charge is 0.497 e. The van der Waals surface area contributed by atoms with E-state index >= 15 is 0 Å². The lowest BCUT2D eigenvalue weighted by Gasteiger charge is -2.10. The van der Waals surface area contributed by atoms with Crippen molar-refractivity contribution in [3.63, 3.8) is 0 Å².